The third kappa shape index (κ3) is 5.88. The van der Waals surface area contributed by atoms with E-state index >= 15 is 0 Å². The van der Waals surface area contributed by atoms with Crippen LogP contribution in [0.5, 0.6) is 0 Å². The molecule has 0 aliphatic heterocycles. The quantitative estimate of drug-likeness (QED) is 0.822. The molecule has 2 aromatic rings. The average Bonchev–Trinajstić information content (AvgIpc) is 2.50. The Bertz CT molecular complexity index is 555. The number of hydrogen-bond donors (Lipinski definition) is 2. The van der Waals surface area contributed by atoms with Crippen LogP contribution in [-0.4, -0.2) is 19.0 Å². The maximum atomic E-state index is 11.7. The molecule has 3 nitrogen and oxygen atoms in total. The molecule has 21 heavy (non-hydrogen) atoms. The third-order valence-corrected chi connectivity index (χ3v) is 3.36. The SMILES string of the molecule is O=C(CCNc1ccc(Cl)cc1)NCCc1ccccc1. The zero-order valence-electron chi connectivity index (χ0n) is 11.8. The normalized spacial score (nSPS) is 10.1. The molecule has 0 aliphatic rings. The van der Waals surface area contributed by atoms with Crippen LogP contribution in [0.1, 0.15) is 12.0 Å². The first-order valence-electron chi connectivity index (χ1n) is 7.04. The number of hydrogen-bond acceptors (Lipinski definition) is 2. The molecule has 4 heteroatoms. The molecule has 0 spiro atoms. The fraction of sp³-hybridized carbons (Fsp3) is 0.235. The van der Waals surface area contributed by atoms with Crippen molar-refractivity contribution in [3.63, 3.8) is 0 Å². The monoisotopic (exact) mass is 302 g/mol. The van der Waals surface area contributed by atoms with Gasteiger partial charge in [-0.2, -0.15) is 0 Å². The highest BCUT2D eigenvalue weighted by molar-refractivity contribution is 6.30. The Balaban J connectivity index is 1.60. The van der Waals surface area contributed by atoms with Crippen LogP contribution < -0.4 is 10.6 Å². The van der Waals surface area contributed by atoms with Crippen molar-refractivity contribution in [3.8, 4) is 0 Å². The Hall–Kier alpha value is -2.00. The van der Waals surface area contributed by atoms with E-state index in [1.54, 1.807) is 0 Å². The zero-order valence-corrected chi connectivity index (χ0v) is 12.6. The van der Waals surface area contributed by atoms with Gasteiger partial charge in [0.2, 0.25) is 5.91 Å². The molecular formula is C17H19ClN2O. The minimum absolute atomic E-state index is 0.0624. The number of rotatable bonds is 7. The van der Waals surface area contributed by atoms with Crippen molar-refractivity contribution < 1.29 is 4.79 Å². The Kier molecular flexibility index (Phi) is 6.10. The summed E-state index contributed by atoms with van der Waals surface area (Å²) >= 11 is 5.81. The highest BCUT2D eigenvalue weighted by atomic mass is 35.5. The molecule has 0 atom stereocenters. The number of anilines is 1. The molecule has 1 amide bonds. The lowest BCUT2D eigenvalue weighted by Crippen LogP contribution is -2.27. The number of benzene rings is 2. The van der Waals surface area contributed by atoms with Gasteiger partial charge < -0.3 is 10.6 Å². The molecule has 0 bridgehead atoms. The Labute approximate surface area is 130 Å². The van der Waals surface area contributed by atoms with Gasteiger partial charge in [0, 0.05) is 30.2 Å². The van der Waals surface area contributed by atoms with E-state index < -0.39 is 0 Å². The Morgan fingerprint density at radius 3 is 2.38 bits per heavy atom. The summed E-state index contributed by atoms with van der Waals surface area (Å²) in [5.74, 6) is 0.0624. The topological polar surface area (TPSA) is 41.1 Å². The van der Waals surface area contributed by atoms with E-state index in [1.165, 1.54) is 5.56 Å². The van der Waals surface area contributed by atoms with Gasteiger partial charge >= 0.3 is 0 Å². The Morgan fingerprint density at radius 2 is 1.67 bits per heavy atom. The molecule has 0 saturated heterocycles. The molecule has 2 N–H and O–H groups in total. The van der Waals surface area contributed by atoms with Crippen molar-refractivity contribution in [2.24, 2.45) is 0 Å². The molecule has 0 unspecified atom stereocenters. The van der Waals surface area contributed by atoms with Gasteiger partial charge in [0.05, 0.1) is 0 Å². The zero-order chi connectivity index (χ0) is 14.9. The standard InChI is InChI=1S/C17H19ClN2O/c18-15-6-8-16(9-7-15)19-13-11-17(21)20-12-10-14-4-2-1-3-5-14/h1-9,19H,10-13H2,(H,20,21). The van der Waals surface area contributed by atoms with E-state index in [0.29, 0.717) is 24.5 Å². The van der Waals surface area contributed by atoms with Gasteiger partial charge in [-0.25, -0.2) is 0 Å². The molecule has 2 rings (SSSR count). The molecular weight excluding hydrogens is 284 g/mol. The van der Waals surface area contributed by atoms with Crippen LogP contribution in [0.4, 0.5) is 5.69 Å². The molecule has 0 aromatic heterocycles. The molecule has 2 aromatic carbocycles. The van der Waals surface area contributed by atoms with E-state index in [0.717, 1.165) is 12.1 Å². The smallest absolute Gasteiger partial charge is 0.221 e. The minimum atomic E-state index is 0.0624. The first kappa shape index (κ1) is 15.4. The lowest BCUT2D eigenvalue weighted by molar-refractivity contribution is -0.120. The van der Waals surface area contributed by atoms with Gasteiger partial charge in [0.15, 0.2) is 0 Å². The second-order valence-corrected chi connectivity index (χ2v) is 5.21. The summed E-state index contributed by atoms with van der Waals surface area (Å²) in [7, 11) is 0. The summed E-state index contributed by atoms with van der Waals surface area (Å²) in [5.41, 5.74) is 2.20. The summed E-state index contributed by atoms with van der Waals surface area (Å²) in [5, 5.41) is 6.83. The number of amides is 1. The van der Waals surface area contributed by atoms with Crippen molar-refractivity contribution in [1.29, 1.82) is 0 Å². The van der Waals surface area contributed by atoms with Crippen LogP contribution >= 0.6 is 11.6 Å². The van der Waals surface area contributed by atoms with Crippen LogP contribution in [0.25, 0.3) is 0 Å². The highest BCUT2D eigenvalue weighted by Crippen LogP contribution is 2.13. The van der Waals surface area contributed by atoms with Crippen LogP contribution in [-0.2, 0) is 11.2 Å². The van der Waals surface area contributed by atoms with Gasteiger partial charge in [0.1, 0.15) is 0 Å². The lowest BCUT2D eigenvalue weighted by atomic mass is 10.1. The van der Waals surface area contributed by atoms with E-state index in [1.807, 2.05) is 42.5 Å². The van der Waals surface area contributed by atoms with E-state index in [4.69, 9.17) is 11.6 Å². The van der Waals surface area contributed by atoms with Crippen molar-refractivity contribution in [2.75, 3.05) is 18.4 Å². The second kappa shape index (κ2) is 8.32. The van der Waals surface area contributed by atoms with Crippen molar-refractivity contribution in [2.45, 2.75) is 12.8 Å². The lowest BCUT2D eigenvalue weighted by Gasteiger charge is -2.07. The average molecular weight is 303 g/mol. The molecule has 0 fully saturated rings. The predicted molar refractivity (Wildman–Crippen MR) is 87.7 cm³/mol. The van der Waals surface area contributed by atoms with Crippen molar-refractivity contribution in [3.05, 3.63) is 65.2 Å². The van der Waals surface area contributed by atoms with E-state index in [2.05, 4.69) is 22.8 Å². The molecule has 0 saturated carbocycles. The number of nitrogens with one attached hydrogen (secondary N) is 2. The first-order chi connectivity index (χ1) is 10.2. The minimum Gasteiger partial charge on any atom is -0.385 e. The van der Waals surface area contributed by atoms with Gasteiger partial charge in [-0.05, 0) is 36.2 Å². The van der Waals surface area contributed by atoms with Gasteiger partial charge in [-0.1, -0.05) is 41.9 Å². The molecule has 0 heterocycles. The fourth-order valence-electron chi connectivity index (χ4n) is 1.97. The summed E-state index contributed by atoms with van der Waals surface area (Å²) < 4.78 is 0. The van der Waals surface area contributed by atoms with Crippen LogP contribution in [0.2, 0.25) is 5.02 Å². The number of carbonyl (C=O) groups excluding carboxylic acids is 1. The van der Waals surface area contributed by atoms with Crippen LogP contribution in [0.3, 0.4) is 0 Å². The largest absolute Gasteiger partial charge is 0.385 e. The molecule has 0 aliphatic carbocycles. The van der Waals surface area contributed by atoms with Gasteiger partial charge in [-0.3, -0.25) is 4.79 Å². The fourth-order valence-corrected chi connectivity index (χ4v) is 2.09. The summed E-state index contributed by atoms with van der Waals surface area (Å²) in [6, 6.07) is 17.6. The van der Waals surface area contributed by atoms with E-state index in [9.17, 15) is 4.79 Å². The van der Waals surface area contributed by atoms with Crippen molar-refractivity contribution in [1.82, 2.24) is 5.32 Å². The van der Waals surface area contributed by atoms with Gasteiger partial charge in [-0.15, -0.1) is 0 Å². The van der Waals surface area contributed by atoms with Crippen LogP contribution in [0, 0.1) is 0 Å². The molecule has 0 radical (unpaired) electrons. The maximum Gasteiger partial charge on any atom is 0.221 e. The maximum absolute atomic E-state index is 11.7. The van der Waals surface area contributed by atoms with Crippen molar-refractivity contribution >= 4 is 23.2 Å². The summed E-state index contributed by atoms with van der Waals surface area (Å²) in [6.07, 6.45) is 1.31. The highest BCUT2D eigenvalue weighted by Gasteiger charge is 2.01. The summed E-state index contributed by atoms with van der Waals surface area (Å²) in [6.45, 7) is 1.28. The number of halogens is 1. The van der Waals surface area contributed by atoms with Gasteiger partial charge in [0.25, 0.3) is 0 Å². The molecule has 110 valence electrons. The summed E-state index contributed by atoms with van der Waals surface area (Å²) in [4.78, 5) is 11.7. The van der Waals surface area contributed by atoms with E-state index in [-0.39, 0.29) is 5.91 Å². The second-order valence-electron chi connectivity index (χ2n) is 4.77. The number of carbonyl (C=O) groups is 1. The Morgan fingerprint density at radius 1 is 0.952 bits per heavy atom. The van der Waals surface area contributed by atoms with Crippen LogP contribution in [0.15, 0.2) is 54.6 Å². The first-order valence-corrected chi connectivity index (χ1v) is 7.42. The third-order valence-electron chi connectivity index (χ3n) is 3.10. The predicted octanol–water partition coefficient (Wildman–Crippen LogP) is 3.50.